The standard InChI is InChI=1S/C13H17NO3/c1-9-5-6-11(17-2)13-10(9)4-3-7-14(13)8-12(15)16/h5-6H,3-4,7-8H2,1-2H3,(H,15,16). The van der Waals surface area contributed by atoms with Crippen LogP contribution in [0.2, 0.25) is 0 Å². The van der Waals surface area contributed by atoms with Gasteiger partial charge in [0.05, 0.1) is 12.8 Å². The molecule has 0 fully saturated rings. The molecule has 1 N–H and O–H groups in total. The summed E-state index contributed by atoms with van der Waals surface area (Å²) in [5, 5.41) is 8.94. The molecule has 0 bridgehead atoms. The molecule has 1 heterocycles. The predicted molar refractivity (Wildman–Crippen MR) is 65.9 cm³/mol. The molecule has 0 saturated carbocycles. The Hall–Kier alpha value is -1.71. The van der Waals surface area contributed by atoms with Crippen molar-refractivity contribution in [3.8, 4) is 5.75 Å². The molecule has 0 saturated heterocycles. The quantitative estimate of drug-likeness (QED) is 0.868. The number of carboxylic acid groups (broad SMARTS) is 1. The number of carbonyl (C=O) groups is 1. The third-order valence-electron chi connectivity index (χ3n) is 3.20. The van der Waals surface area contributed by atoms with Gasteiger partial charge in [0, 0.05) is 6.54 Å². The number of benzene rings is 1. The number of carboxylic acids is 1. The van der Waals surface area contributed by atoms with Gasteiger partial charge in [-0.15, -0.1) is 0 Å². The zero-order chi connectivity index (χ0) is 12.4. The zero-order valence-electron chi connectivity index (χ0n) is 10.2. The summed E-state index contributed by atoms with van der Waals surface area (Å²) in [4.78, 5) is 12.8. The number of aryl methyl sites for hydroxylation is 1. The van der Waals surface area contributed by atoms with Gasteiger partial charge >= 0.3 is 5.97 Å². The average molecular weight is 235 g/mol. The molecule has 1 aliphatic rings. The van der Waals surface area contributed by atoms with Crippen LogP contribution in [0.3, 0.4) is 0 Å². The maximum atomic E-state index is 10.9. The highest BCUT2D eigenvalue weighted by Gasteiger charge is 2.23. The topological polar surface area (TPSA) is 49.8 Å². The summed E-state index contributed by atoms with van der Waals surface area (Å²) in [6, 6.07) is 3.94. The molecule has 0 aliphatic carbocycles. The van der Waals surface area contributed by atoms with Gasteiger partial charge in [0.15, 0.2) is 0 Å². The lowest BCUT2D eigenvalue weighted by molar-refractivity contribution is -0.135. The number of hydrogen-bond acceptors (Lipinski definition) is 3. The van der Waals surface area contributed by atoms with E-state index >= 15 is 0 Å². The highest BCUT2D eigenvalue weighted by molar-refractivity contribution is 5.77. The van der Waals surface area contributed by atoms with E-state index in [1.807, 2.05) is 17.0 Å². The Morgan fingerprint density at radius 1 is 1.53 bits per heavy atom. The van der Waals surface area contributed by atoms with Gasteiger partial charge in [-0.1, -0.05) is 6.07 Å². The monoisotopic (exact) mass is 235 g/mol. The molecule has 0 atom stereocenters. The summed E-state index contributed by atoms with van der Waals surface area (Å²) < 4.78 is 5.34. The molecule has 4 heteroatoms. The van der Waals surface area contributed by atoms with Crippen molar-refractivity contribution in [3.05, 3.63) is 23.3 Å². The third kappa shape index (κ3) is 2.20. The van der Waals surface area contributed by atoms with Crippen molar-refractivity contribution >= 4 is 11.7 Å². The molecular weight excluding hydrogens is 218 g/mol. The number of hydrogen-bond donors (Lipinski definition) is 1. The van der Waals surface area contributed by atoms with Gasteiger partial charge in [0.1, 0.15) is 12.3 Å². The van der Waals surface area contributed by atoms with E-state index in [2.05, 4.69) is 6.92 Å². The van der Waals surface area contributed by atoms with Crippen LogP contribution in [0.1, 0.15) is 17.5 Å². The van der Waals surface area contributed by atoms with E-state index in [9.17, 15) is 4.79 Å². The van der Waals surface area contributed by atoms with Crippen molar-refractivity contribution in [1.29, 1.82) is 0 Å². The minimum Gasteiger partial charge on any atom is -0.495 e. The summed E-state index contributed by atoms with van der Waals surface area (Å²) in [5.41, 5.74) is 3.38. The number of methoxy groups -OCH3 is 1. The number of fused-ring (bicyclic) bond motifs is 1. The van der Waals surface area contributed by atoms with Crippen LogP contribution in [-0.2, 0) is 11.2 Å². The van der Waals surface area contributed by atoms with Crippen LogP contribution in [0.25, 0.3) is 0 Å². The molecule has 0 spiro atoms. The van der Waals surface area contributed by atoms with Crippen LogP contribution in [0.4, 0.5) is 5.69 Å². The summed E-state index contributed by atoms with van der Waals surface area (Å²) in [7, 11) is 1.62. The predicted octanol–water partition coefficient (Wildman–Crippen LogP) is 1.84. The lowest BCUT2D eigenvalue weighted by atomic mass is 9.96. The van der Waals surface area contributed by atoms with Crippen LogP contribution >= 0.6 is 0 Å². The first-order chi connectivity index (χ1) is 8.13. The summed E-state index contributed by atoms with van der Waals surface area (Å²) in [5.74, 6) is -0.0343. The second-order valence-corrected chi connectivity index (χ2v) is 4.33. The van der Waals surface area contributed by atoms with Gasteiger partial charge < -0.3 is 14.7 Å². The fraction of sp³-hybridized carbons (Fsp3) is 0.462. The largest absolute Gasteiger partial charge is 0.495 e. The smallest absolute Gasteiger partial charge is 0.323 e. The minimum absolute atomic E-state index is 0.0345. The number of aliphatic carboxylic acids is 1. The lowest BCUT2D eigenvalue weighted by Gasteiger charge is -2.32. The second kappa shape index (κ2) is 4.65. The molecule has 0 unspecified atom stereocenters. The number of rotatable bonds is 3. The fourth-order valence-corrected chi connectivity index (χ4v) is 2.42. The fourth-order valence-electron chi connectivity index (χ4n) is 2.42. The van der Waals surface area contributed by atoms with Crippen molar-refractivity contribution in [2.24, 2.45) is 0 Å². The van der Waals surface area contributed by atoms with Gasteiger partial charge in [-0.2, -0.15) is 0 Å². The van der Waals surface area contributed by atoms with Crippen molar-refractivity contribution in [3.63, 3.8) is 0 Å². The van der Waals surface area contributed by atoms with E-state index in [4.69, 9.17) is 9.84 Å². The molecule has 4 nitrogen and oxygen atoms in total. The van der Waals surface area contributed by atoms with E-state index in [1.165, 1.54) is 11.1 Å². The van der Waals surface area contributed by atoms with E-state index in [-0.39, 0.29) is 6.54 Å². The van der Waals surface area contributed by atoms with Crippen molar-refractivity contribution in [2.45, 2.75) is 19.8 Å². The first kappa shape index (κ1) is 11.8. The van der Waals surface area contributed by atoms with E-state index in [0.717, 1.165) is 30.8 Å². The van der Waals surface area contributed by atoms with Crippen molar-refractivity contribution < 1.29 is 14.6 Å². The van der Waals surface area contributed by atoms with Gasteiger partial charge in [0.2, 0.25) is 0 Å². The Kier molecular flexibility index (Phi) is 3.22. The summed E-state index contributed by atoms with van der Waals surface area (Å²) >= 11 is 0. The first-order valence-electron chi connectivity index (χ1n) is 5.76. The number of ether oxygens (including phenoxy) is 1. The molecule has 0 aromatic heterocycles. The molecule has 0 amide bonds. The SMILES string of the molecule is COc1ccc(C)c2c1N(CC(=O)O)CCC2. The van der Waals surface area contributed by atoms with Gasteiger partial charge in [-0.25, -0.2) is 0 Å². The van der Waals surface area contributed by atoms with Gasteiger partial charge in [0.25, 0.3) is 0 Å². The Labute approximate surface area is 101 Å². The normalized spacial score (nSPS) is 14.4. The number of anilines is 1. The van der Waals surface area contributed by atoms with Gasteiger partial charge in [-0.05, 0) is 37.0 Å². The summed E-state index contributed by atoms with van der Waals surface area (Å²) in [6.45, 7) is 2.87. The summed E-state index contributed by atoms with van der Waals surface area (Å²) in [6.07, 6.45) is 1.99. The van der Waals surface area contributed by atoms with Crippen LogP contribution in [0.5, 0.6) is 5.75 Å². The maximum absolute atomic E-state index is 10.9. The molecule has 1 aromatic carbocycles. The Morgan fingerprint density at radius 3 is 2.94 bits per heavy atom. The molecule has 1 aliphatic heterocycles. The van der Waals surface area contributed by atoms with Crippen molar-refractivity contribution in [1.82, 2.24) is 0 Å². The van der Waals surface area contributed by atoms with E-state index in [1.54, 1.807) is 7.11 Å². The lowest BCUT2D eigenvalue weighted by Crippen LogP contribution is -2.34. The van der Waals surface area contributed by atoms with Crippen LogP contribution < -0.4 is 9.64 Å². The highest BCUT2D eigenvalue weighted by atomic mass is 16.5. The van der Waals surface area contributed by atoms with Crippen LogP contribution in [-0.4, -0.2) is 31.3 Å². The first-order valence-corrected chi connectivity index (χ1v) is 5.76. The molecule has 0 radical (unpaired) electrons. The van der Waals surface area contributed by atoms with E-state index in [0.29, 0.717) is 0 Å². The Balaban J connectivity index is 2.47. The third-order valence-corrected chi connectivity index (χ3v) is 3.20. The minimum atomic E-state index is -0.804. The van der Waals surface area contributed by atoms with Crippen LogP contribution in [0.15, 0.2) is 12.1 Å². The van der Waals surface area contributed by atoms with Crippen LogP contribution in [0, 0.1) is 6.92 Å². The zero-order valence-corrected chi connectivity index (χ0v) is 10.2. The Bertz CT molecular complexity index is 443. The molecule has 2 rings (SSSR count). The van der Waals surface area contributed by atoms with E-state index < -0.39 is 5.97 Å². The molecular formula is C13H17NO3. The van der Waals surface area contributed by atoms with Crippen molar-refractivity contribution in [2.75, 3.05) is 25.1 Å². The second-order valence-electron chi connectivity index (χ2n) is 4.33. The maximum Gasteiger partial charge on any atom is 0.323 e. The average Bonchev–Trinajstić information content (AvgIpc) is 2.30. The molecule has 17 heavy (non-hydrogen) atoms. The molecule has 1 aromatic rings. The highest BCUT2D eigenvalue weighted by Crippen LogP contribution is 2.37. The van der Waals surface area contributed by atoms with Gasteiger partial charge in [-0.3, -0.25) is 4.79 Å². The molecule has 92 valence electrons. The Morgan fingerprint density at radius 2 is 2.29 bits per heavy atom. The number of nitrogens with zero attached hydrogens (tertiary/aromatic N) is 1.